The Kier molecular flexibility index (Phi) is 5.58. The van der Waals surface area contributed by atoms with Gasteiger partial charge >= 0.3 is 0 Å². The Labute approximate surface area is 126 Å². The van der Waals surface area contributed by atoms with E-state index in [9.17, 15) is 0 Å². The fourth-order valence-electron chi connectivity index (χ4n) is 2.06. The molecule has 0 spiro atoms. The topological polar surface area (TPSA) is 43.4 Å². The van der Waals surface area contributed by atoms with Crippen LogP contribution in [0.3, 0.4) is 0 Å². The van der Waals surface area contributed by atoms with Crippen molar-refractivity contribution >= 4 is 0 Å². The summed E-state index contributed by atoms with van der Waals surface area (Å²) in [7, 11) is 3.59. The molecule has 2 aromatic rings. The number of methoxy groups -OCH3 is 1. The Hall–Kier alpha value is -2.07. The average molecular weight is 286 g/mol. The third-order valence-corrected chi connectivity index (χ3v) is 3.40. The number of ether oxygens (including phenoxy) is 2. The van der Waals surface area contributed by atoms with E-state index in [1.54, 1.807) is 13.3 Å². The van der Waals surface area contributed by atoms with Crippen LogP contribution in [0.25, 0.3) is 0 Å². The monoisotopic (exact) mass is 286 g/mol. The van der Waals surface area contributed by atoms with E-state index in [1.807, 2.05) is 31.3 Å². The number of hydrogen-bond acceptors (Lipinski definition) is 4. The summed E-state index contributed by atoms with van der Waals surface area (Å²) in [5.41, 5.74) is 2.23. The molecule has 1 unspecified atom stereocenters. The van der Waals surface area contributed by atoms with E-state index in [-0.39, 0.29) is 0 Å². The molecule has 1 aromatic carbocycles. The number of nitrogens with zero attached hydrogens (tertiary/aromatic N) is 1. The van der Waals surface area contributed by atoms with Crippen molar-refractivity contribution in [1.82, 2.24) is 10.3 Å². The minimum Gasteiger partial charge on any atom is -0.489 e. The van der Waals surface area contributed by atoms with Crippen molar-refractivity contribution in [3.05, 3.63) is 53.7 Å². The SMILES string of the molecule is CNC(C)Cc1ccc(OCc2cccnc2OC)cc1. The van der Waals surface area contributed by atoms with E-state index in [1.165, 1.54) is 5.56 Å². The zero-order valence-electron chi connectivity index (χ0n) is 12.8. The molecule has 0 amide bonds. The summed E-state index contributed by atoms with van der Waals surface area (Å²) in [5.74, 6) is 1.46. The summed E-state index contributed by atoms with van der Waals surface area (Å²) in [6.45, 7) is 2.61. The quantitative estimate of drug-likeness (QED) is 0.850. The molecule has 21 heavy (non-hydrogen) atoms. The van der Waals surface area contributed by atoms with E-state index < -0.39 is 0 Å². The van der Waals surface area contributed by atoms with Crippen molar-refractivity contribution in [2.24, 2.45) is 0 Å². The summed E-state index contributed by atoms with van der Waals surface area (Å²) in [6.07, 6.45) is 2.72. The predicted molar refractivity (Wildman–Crippen MR) is 83.8 cm³/mol. The maximum Gasteiger partial charge on any atom is 0.219 e. The third kappa shape index (κ3) is 4.46. The van der Waals surface area contributed by atoms with Gasteiger partial charge in [0.1, 0.15) is 12.4 Å². The van der Waals surface area contributed by atoms with E-state index in [0.29, 0.717) is 18.5 Å². The van der Waals surface area contributed by atoms with Crippen LogP contribution in [-0.4, -0.2) is 25.2 Å². The highest BCUT2D eigenvalue weighted by atomic mass is 16.5. The van der Waals surface area contributed by atoms with Gasteiger partial charge in [-0.3, -0.25) is 0 Å². The van der Waals surface area contributed by atoms with Gasteiger partial charge in [-0.2, -0.15) is 0 Å². The minimum atomic E-state index is 0.448. The van der Waals surface area contributed by atoms with Crippen LogP contribution >= 0.6 is 0 Å². The molecular weight excluding hydrogens is 264 g/mol. The lowest BCUT2D eigenvalue weighted by atomic mass is 10.1. The van der Waals surface area contributed by atoms with Crippen molar-refractivity contribution in [2.75, 3.05) is 14.2 Å². The zero-order chi connectivity index (χ0) is 15.1. The van der Waals surface area contributed by atoms with Crippen molar-refractivity contribution < 1.29 is 9.47 Å². The van der Waals surface area contributed by atoms with Crippen LogP contribution < -0.4 is 14.8 Å². The molecule has 0 fully saturated rings. The van der Waals surface area contributed by atoms with Crippen LogP contribution in [0.1, 0.15) is 18.1 Å². The largest absolute Gasteiger partial charge is 0.489 e. The highest BCUT2D eigenvalue weighted by Gasteiger charge is 2.05. The van der Waals surface area contributed by atoms with Gasteiger partial charge in [0.25, 0.3) is 0 Å². The number of aromatic nitrogens is 1. The van der Waals surface area contributed by atoms with Crippen molar-refractivity contribution in [1.29, 1.82) is 0 Å². The normalized spacial score (nSPS) is 12.0. The number of rotatable bonds is 7. The summed E-state index contributed by atoms with van der Waals surface area (Å²) < 4.78 is 11.0. The van der Waals surface area contributed by atoms with Crippen LogP contribution in [0, 0.1) is 0 Å². The third-order valence-electron chi connectivity index (χ3n) is 3.40. The molecule has 1 aromatic heterocycles. The molecule has 0 saturated carbocycles. The minimum absolute atomic E-state index is 0.448. The van der Waals surface area contributed by atoms with Gasteiger partial charge in [0.05, 0.1) is 12.7 Å². The number of pyridine rings is 1. The molecule has 0 radical (unpaired) electrons. The van der Waals surface area contributed by atoms with E-state index in [2.05, 4.69) is 29.4 Å². The second kappa shape index (κ2) is 7.64. The van der Waals surface area contributed by atoms with Gasteiger partial charge in [-0.15, -0.1) is 0 Å². The maximum atomic E-state index is 5.79. The Bertz CT molecular complexity index is 555. The van der Waals surface area contributed by atoms with Gasteiger partial charge in [-0.25, -0.2) is 4.98 Å². The van der Waals surface area contributed by atoms with Crippen LogP contribution in [-0.2, 0) is 13.0 Å². The van der Waals surface area contributed by atoms with Crippen molar-refractivity contribution in [3.8, 4) is 11.6 Å². The Morgan fingerprint density at radius 1 is 1.19 bits per heavy atom. The Morgan fingerprint density at radius 2 is 1.95 bits per heavy atom. The number of nitrogens with one attached hydrogen (secondary N) is 1. The molecule has 0 bridgehead atoms. The molecule has 1 atom stereocenters. The predicted octanol–water partition coefficient (Wildman–Crippen LogP) is 2.82. The fourth-order valence-corrected chi connectivity index (χ4v) is 2.06. The molecule has 0 aliphatic carbocycles. The second-order valence-corrected chi connectivity index (χ2v) is 5.00. The van der Waals surface area contributed by atoms with Gasteiger partial charge in [0, 0.05) is 12.2 Å². The molecule has 2 rings (SSSR count). The van der Waals surface area contributed by atoms with E-state index in [4.69, 9.17) is 9.47 Å². The van der Waals surface area contributed by atoms with Crippen LogP contribution in [0.15, 0.2) is 42.6 Å². The first kappa shape index (κ1) is 15.3. The van der Waals surface area contributed by atoms with Crippen LogP contribution in [0.2, 0.25) is 0 Å². The molecule has 1 N–H and O–H groups in total. The average Bonchev–Trinajstić information content (AvgIpc) is 2.54. The highest BCUT2D eigenvalue weighted by molar-refractivity contribution is 5.29. The van der Waals surface area contributed by atoms with Crippen LogP contribution in [0.5, 0.6) is 11.6 Å². The summed E-state index contributed by atoms with van der Waals surface area (Å²) in [6, 6.07) is 12.5. The molecule has 4 nitrogen and oxygen atoms in total. The molecule has 4 heteroatoms. The van der Waals surface area contributed by atoms with E-state index >= 15 is 0 Å². The first-order valence-electron chi connectivity index (χ1n) is 7.10. The number of benzene rings is 1. The lowest BCUT2D eigenvalue weighted by molar-refractivity contribution is 0.294. The second-order valence-electron chi connectivity index (χ2n) is 5.00. The van der Waals surface area contributed by atoms with Gasteiger partial charge in [0.2, 0.25) is 5.88 Å². The number of hydrogen-bond donors (Lipinski definition) is 1. The molecule has 0 saturated heterocycles. The first-order chi connectivity index (χ1) is 10.2. The van der Waals surface area contributed by atoms with Crippen molar-refractivity contribution in [3.63, 3.8) is 0 Å². The lowest BCUT2D eigenvalue weighted by Gasteiger charge is -2.11. The Morgan fingerprint density at radius 3 is 2.62 bits per heavy atom. The highest BCUT2D eigenvalue weighted by Crippen LogP contribution is 2.18. The standard InChI is InChI=1S/C17H22N2O2/c1-13(18-2)11-14-6-8-16(9-7-14)21-12-15-5-4-10-19-17(15)20-3/h4-10,13,18H,11-12H2,1-3H3. The first-order valence-corrected chi connectivity index (χ1v) is 7.10. The maximum absolute atomic E-state index is 5.79. The number of likely N-dealkylation sites (N-methyl/N-ethyl adjacent to an activating group) is 1. The molecular formula is C17H22N2O2. The summed E-state index contributed by atoms with van der Waals surface area (Å²) >= 11 is 0. The molecule has 112 valence electrons. The van der Waals surface area contributed by atoms with Gasteiger partial charge < -0.3 is 14.8 Å². The smallest absolute Gasteiger partial charge is 0.219 e. The van der Waals surface area contributed by atoms with Gasteiger partial charge in [-0.1, -0.05) is 12.1 Å². The van der Waals surface area contributed by atoms with Gasteiger partial charge in [-0.05, 0) is 50.2 Å². The molecule has 0 aliphatic heterocycles. The van der Waals surface area contributed by atoms with E-state index in [0.717, 1.165) is 17.7 Å². The summed E-state index contributed by atoms with van der Waals surface area (Å²) in [4.78, 5) is 4.16. The Balaban J connectivity index is 1.94. The van der Waals surface area contributed by atoms with Crippen molar-refractivity contribution in [2.45, 2.75) is 26.0 Å². The lowest BCUT2D eigenvalue weighted by Crippen LogP contribution is -2.23. The van der Waals surface area contributed by atoms with Crippen LogP contribution in [0.4, 0.5) is 0 Å². The fraction of sp³-hybridized carbons (Fsp3) is 0.353. The molecule has 0 aliphatic rings. The summed E-state index contributed by atoms with van der Waals surface area (Å²) in [5, 5.41) is 3.24. The zero-order valence-corrected chi connectivity index (χ0v) is 12.8. The molecule has 1 heterocycles. The van der Waals surface area contributed by atoms with Gasteiger partial charge in [0.15, 0.2) is 0 Å².